The maximum atomic E-state index is 11.2. The third kappa shape index (κ3) is 10.2. The fourth-order valence-electron chi connectivity index (χ4n) is 2.31. The molecule has 1 rings (SSSR count). The lowest BCUT2D eigenvalue weighted by molar-refractivity contribution is 0.317. The highest BCUT2D eigenvalue weighted by Crippen LogP contribution is 2.25. The summed E-state index contributed by atoms with van der Waals surface area (Å²) in [4.78, 5) is 4.15. The first-order valence-corrected chi connectivity index (χ1v) is 10.7. The largest absolute Gasteiger partial charge is 0.491 e. The fraction of sp³-hybridized carbons (Fsp3) is 0.611. The zero-order chi connectivity index (χ0) is 18.9. The normalized spacial score (nSPS) is 13.1. The SMILES string of the molecule is CN=C(NCCOc1ccccc1C(C)C)NC(C)CCS(C)(=O)=O.I. The van der Waals surface area contributed by atoms with Crippen LogP contribution in [0.4, 0.5) is 0 Å². The molecule has 0 spiro atoms. The van der Waals surface area contributed by atoms with Crippen molar-refractivity contribution in [3.63, 3.8) is 0 Å². The van der Waals surface area contributed by atoms with Crippen LogP contribution in [-0.4, -0.2) is 52.6 Å². The molecule has 0 aromatic heterocycles. The molecule has 0 radical (unpaired) electrons. The van der Waals surface area contributed by atoms with Crippen molar-refractivity contribution in [3.05, 3.63) is 29.8 Å². The summed E-state index contributed by atoms with van der Waals surface area (Å²) >= 11 is 0. The lowest BCUT2D eigenvalue weighted by Crippen LogP contribution is -2.44. The van der Waals surface area contributed by atoms with Gasteiger partial charge in [0.15, 0.2) is 5.96 Å². The number of aliphatic imine (C=N–C) groups is 1. The molecule has 2 N–H and O–H groups in total. The van der Waals surface area contributed by atoms with Gasteiger partial charge in [-0.05, 0) is 30.9 Å². The van der Waals surface area contributed by atoms with Gasteiger partial charge in [-0.1, -0.05) is 32.0 Å². The average Bonchev–Trinajstić information content (AvgIpc) is 2.55. The fourth-order valence-corrected chi connectivity index (χ4v) is 3.09. The Kier molecular flexibility index (Phi) is 11.9. The number of nitrogens with zero attached hydrogens (tertiary/aromatic N) is 1. The van der Waals surface area contributed by atoms with Crippen LogP contribution < -0.4 is 15.4 Å². The number of benzene rings is 1. The molecule has 0 bridgehead atoms. The molecule has 0 fully saturated rings. The van der Waals surface area contributed by atoms with Gasteiger partial charge < -0.3 is 15.4 Å². The number of hydrogen-bond acceptors (Lipinski definition) is 4. The minimum atomic E-state index is -2.94. The summed E-state index contributed by atoms with van der Waals surface area (Å²) in [6, 6.07) is 8.07. The van der Waals surface area contributed by atoms with Crippen LogP contribution in [0.1, 0.15) is 38.7 Å². The Labute approximate surface area is 175 Å². The van der Waals surface area contributed by atoms with Crippen LogP contribution in [0.25, 0.3) is 0 Å². The maximum absolute atomic E-state index is 11.2. The maximum Gasteiger partial charge on any atom is 0.191 e. The van der Waals surface area contributed by atoms with Crippen molar-refractivity contribution in [3.8, 4) is 5.75 Å². The van der Waals surface area contributed by atoms with Gasteiger partial charge in [-0.2, -0.15) is 0 Å². The van der Waals surface area contributed by atoms with Crippen molar-refractivity contribution in [2.75, 3.05) is 32.2 Å². The predicted octanol–water partition coefficient (Wildman–Crippen LogP) is 2.80. The van der Waals surface area contributed by atoms with Crippen LogP contribution in [0.15, 0.2) is 29.3 Å². The second-order valence-corrected chi connectivity index (χ2v) is 8.76. The highest BCUT2D eigenvalue weighted by molar-refractivity contribution is 14.0. The summed E-state index contributed by atoms with van der Waals surface area (Å²) in [5.74, 6) is 2.12. The first kappa shape index (κ1) is 25.0. The van der Waals surface area contributed by atoms with E-state index in [9.17, 15) is 8.42 Å². The Morgan fingerprint density at radius 2 is 1.88 bits per heavy atom. The Morgan fingerprint density at radius 1 is 1.23 bits per heavy atom. The molecule has 0 saturated carbocycles. The molecule has 1 aromatic carbocycles. The molecule has 1 aromatic rings. The summed E-state index contributed by atoms with van der Waals surface area (Å²) < 4.78 is 28.3. The van der Waals surface area contributed by atoms with E-state index < -0.39 is 9.84 Å². The van der Waals surface area contributed by atoms with E-state index in [1.54, 1.807) is 7.05 Å². The summed E-state index contributed by atoms with van der Waals surface area (Å²) in [5.41, 5.74) is 1.19. The molecule has 6 nitrogen and oxygen atoms in total. The smallest absolute Gasteiger partial charge is 0.191 e. The van der Waals surface area contributed by atoms with Crippen LogP contribution in [0.2, 0.25) is 0 Å². The molecule has 1 atom stereocenters. The topological polar surface area (TPSA) is 79.8 Å². The lowest BCUT2D eigenvalue weighted by Gasteiger charge is -2.18. The van der Waals surface area contributed by atoms with E-state index in [-0.39, 0.29) is 35.8 Å². The summed E-state index contributed by atoms with van der Waals surface area (Å²) in [7, 11) is -1.26. The quantitative estimate of drug-likeness (QED) is 0.238. The highest BCUT2D eigenvalue weighted by atomic mass is 127. The van der Waals surface area contributed by atoms with Gasteiger partial charge in [0.2, 0.25) is 0 Å². The molecule has 1 unspecified atom stereocenters. The Balaban J connectivity index is 0.00000625. The Bertz CT molecular complexity index is 663. The highest BCUT2D eigenvalue weighted by Gasteiger charge is 2.10. The molecular formula is C18H32IN3O3S. The average molecular weight is 497 g/mol. The Morgan fingerprint density at radius 3 is 2.46 bits per heavy atom. The Hall–Kier alpha value is -1.03. The van der Waals surface area contributed by atoms with Gasteiger partial charge in [-0.3, -0.25) is 4.99 Å². The van der Waals surface area contributed by atoms with Crippen LogP contribution in [0.5, 0.6) is 5.75 Å². The van der Waals surface area contributed by atoms with E-state index in [4.69, 9.17) is 4.74 Å². The van der Waals surface area contributed by atoms with Gasteiger partial charge in [-0.25, -0.2) is 8.42 Å². The zero-order valence-electron chi connectivity index (χ0n) is 16.3. The van der Waals surface area contributed by atoms with Crippen LogP contribution in [0, 0.1) is 0 Å². The number of sulfone groups is 1. The number of para-hydroxylation sites is 1. The first-order chi connectivity index (χ1) is 11.7. The second-order valence-electron chi connectivity index (χ2n) is 6.50. The molecule has 8 heteroatoms. The summed E-state index contributed by atoms with van der Waals surface area (Å²) in [6.07, 6.45) is 1.79. The van der Waals surface area contributed by atoms with Crippen molar-refractivity contribution in [2.45, 2.75) is 39.2 Å². The number of hydrogen-bond donors (Lipinski definition) is 2. The monoisotopic (exact) mass is 497 g/mol. The van der Waals surface area contributed by atoms with Crippen LogP contribution in [0.3, 0.4) is 0 Å². The van der Waals surface area contributed by atoms with Gasteiger partial charge >= 0.3 is 0 Å². The van der Waals surface area contributed by atoms with Crippen LogP contribution >= 0.6 is 24.0 Å². The van der Waals surface area contributed by atoms with Crippen molar-refractivity contribution in [1.29, 1.82) is 0 Å². The van der Waals surface area contributed by atoms with Crippen molar-refractivity contribution < 1.29 is 13.2 Å². The number of guanidine groups is 1. The standard InChI is InChI=1S/C18H31N3O3S.HI/c1-14(2)16-8-6-7-9-17(16)24-12-11-20-18(19-4)21-15(3)10-13-25(5,22)23;/h6-9,14-15H,10-13H2,1-5H3,(H2,19,20,21);1H. The number of rotatable bonds is 9. The van der Waals surface area contributed by atoms with E-state index in [0.717, 1.165) is 5.75 Å². The first-order valence-electron chi connectivity index (χ1n) is 8.59. The number of ether oxygens (including phenoxy) is 1. The van der Waals surface area contributed by atoms with Crippen molar-refractivity contribution in [2.24, 2.45) is 4.99 Å². The lowest BCUT2D eigenvalue weighted by atomic mass is 10.0. The number of halogens is 1. The van der Waals surface area contributed by atoms with E-state index in [1.165, 1.54) is 11.8 Å². The molecule has 0 heterocycles. The van der Waals surface area contributed by atoms with Gasteiger partial charge in [-0.15, -0.1) is 24.0 Å². The van der Waals surface area contributed by atoms with E-state index in [1.807, 2.05) is 25.1 Å². The second kappa shape index (κ2) is 12.4. The molecule has 0 aliphatic carbocycles. The van der Waals surface area contributed by atoms with Gasteiger partial charge in [0.1, 0.15) is 22.2 Å². The summed E-state index contributed by atoms with van der Waals surface area (Å²) in [6.45, 7) is 7.34. The van der Waals surface area contributed by atoms with E-state index in [2.05, 4.69) is 35.5 Å². The molecule has 0 aliphatic rings. The predicted molar refractivity (Wildman–Crippen MR) is 120 cm³/mol. The molecule has 0 saturated heterocycles. The minimum absolute atomic E-state index is 0. The van der Waals surface area contributed by atoms with Gasteiger partial charge in [0.05, 0.1) is 12.3 Å². The van der Waals surface area contributed by atoms with Gasteiger partial charge in [0.25, 0.3) is 0 Å². The molecular weight excluding hydrogens is 465 g/mol. The third-order valence-electron chi connectivity index (χ3n) is 3.72. The molecule has 26 heavy (non-hydrogen) atoms. The third-order valence-corrected chi connectivity index (χ3v) is 4.70. The summed E-state index contributed by atoms with van der Waals surface area (Å²) in [5, 5.41) is 6.37. The van der Waals surface area contributed by atoms with Crippen molar-refractivity contribution >= 4 is 39.8 Å². The molecule has 150 valence electrons. The number of nitrogens with one attached hydrogen (secondary N) is 2. The van der Waals surface area contributed by atoms with E-state index in [0.29, 0.717) is 31.4 Å². The molecule has 0 aliphatic heterocycles. The van der Waals surface area contributed by atoms with E-state index >= 15 is 0 Å². The zero-order valence-corrected chi connectivity index (χ0v) is 19.4. The molecule has 0 amide bonds. The van der Waals surface area contributed by atoms with Crippen molar-refractivity contribution in [1.82, 2.24) is 10.6 Å². The van der Waals surface area contributed by atoms with Gasteiger partial charge in [0, 0.05) is 19.3 Å². The van der Waals surface area contributed by atoms with Crippen LogP contribution in [-0.2, 0) is 9.84 Å². The minimum Gasteiger partial charge on any atom is -0.491 e.